The third kappa shape index (κ3) is 2.37. The number of esters is 1. The topological polar surface area (TPSA) is 60.4 Å². The fraction of sp³-hybridized carbons (Fsp3) is 0.682. The van der Waals surface area contributed by atoms with Crippen LogP contribution >= 0.6 is 0 Å². The van der Waals surface area contributed by atoms with E-state index in [1.165, 1.54) is 12.5 Å². The number of rotatable bonds is 2. The number of fused-ring (bicyclic) bond motifs is 5. The zero-order valence-corrected chi connectivity index (χ0v) is 16.0. The molecule has 0 bridgehead atoms. The summed E-state index contributed by atoms with van der Waals surface area (Å²) in [6.07, 6.45) is 9.13. The SMILES string of the molecule is CC(=O)OCC1=CC(=O)C=C2CCC3C4CCC(=O)C4(C)CCC3C21C. The third-order valence-corrected chi connectivity index (χ3v) is 8.03. The van der Waals surface area contributed by atoms with Crippen LogP contribution in [0.15, 0.2) is 23.3 Å². The van der Waals surface area contributed by atoms with Crippen LogP contribution in [0, 0.1) is 28.6 Å². The first-order chi connectivity index (χ1) is 12.3. The molecule has 4 rings (SSSR count). The van der Waals surface area contributed by atoms with E-state index >= 15 is 0 Å². The summed E-state index contributed by atoms with van der Waals surface area (Å²) in [5.74, 6) is 1.53. The lowest BCUT2D eigenvalue weighted by Gasteiger charge is -2.57. The van der Waals surface area contributed by atoms with Gasteiger partial charge in [-0.3, -0.25) is 14.4 Å². The predicted octanol–water partition coefficient (Wildman–Crippen LogP) is 3.80. The zero-order chi connectivity index (χ0) is 18.7. The second-order valence-electron chi connectivity index (χ2n) is 9.06. The van der Waals surface area contributed by atoms with Gasteiger partial charge in [0.05, 0.1) is 0 Å². The molecule has 0 radical (unpaired) electrons. The monoisotopic (exact) mass is 356 g/mol. The van der Waals surface area contributed by atoms with Gasteiger partial charge < -0.3 is 4.74 Å². The highest BCUT2D eigenvalue weighted by atomic mass is 16.5. The predicted molar refractivity (Wildman–Crippen MR) is 97.2 cm³/mol. The van der Waals surface area contributed by atoms with Crippen LogP contribution in [-0.4, -0.2) is 24.1 Å². The van der Waals surface area contributed by atoms with Crippen molar-refractivity contribution in [3.8, 4) is 0 Å². The summed E-state index contributed by atoms with van der Waals surface area (Å²) in [6.45, 7) is 6.01. The first-order valence-electron chi connectivity index (χ1n) is 9.89. The van der Waals surface area contributed by atoms with Gasteiger partial charge >= 0.3 is 5.97 Å². The molecule has 0 aliphatic heterocycles. The molecule has 4 heteroatoms. The van der Waals surface area contributed by atoms with E-state index in [1.54, 1.807) is 12.2 Å². The second-order valence-corrected chi connectivity index (χ2v) is 9.06. The van der Waals surface area contributed by atoms with Crippen molar-refractivity contribution in [2.24, 2.45) is 28.6 Å². The molecule has 0 aromatic rings. The van der Waals surface area contributed by atoms with Gasteiger partial charge in [0.25, 0.3) is 0 Å². The minimum atomic E-state index is -0.317. The van der Waals surface area contributed by atoms with Crippen molar-refractivity contribution >= 4 is 17.5 Å². The van der Waals surface area contributed by atoms with Gasteiger partial charge in [-0.25, -0.2) is 0 Å². The van der Waals surface area contributed by atoms with E-state index in [0.717, 1.165) is 44.1 Å². The number of allylic oxidation sites excluding steroid dienone is 3. The molecule has 5 atom stereocenters. The van der Waals surface area contributed by atoms with Gasteiger partial charge in [-0.2, -0.15) is 0 Å². The first kappa shape index (κ1) is 17.7. The quantitative estimate of drug-likeness (QED) is 0.706. The molecule has 3 saturated carbocycles. The maximum absolute atomic E-state index is 12.5. The Morgan fingerprint density at radius 2 is 1.88 bits per heavy atom. The van der Waals surface area contributed by atoms with Crippen LogP contribution in [0.5, 0.6) is 0 Å². The minimum absolute atomic E-state index is 0.00905. The molecule has 5 unspecified atom stereocenters. The van der Waals surface area contributed by atoms with Crippen LogP contribution in [0.25, 0.3) is 0 Å². The average Bonchev–Trinajstić information content (AvgIpc) is 2.89. The maximum Gasteiger partial charge on any atom is 0.302 e. The molecule has 0 saturated heterocycles. The van der Waals surface area contributed by atoms with Crippen molar-refractivity contribution in [1.82, 2.24) is 0 Å². The minimum Gasteiger partial charge on any atom is -0.461 e. The molecule has 140 valence electrons. The van der Waals surface area contributed by atoms with Crippen molar-refractivity contribution in [3.63, 3.8) is 0 Å². The van der Waals surface area contributed by atoms with Crippen molar-refractivity contribution < 1.29 is 19.1 Å². The summed E-state index contributed by atoms with van der Waals surface area (Å²) in [4.78, 5) is 36.1. The van der Waals surface area contributed by atoms with Gasteiger partial charge in [-0.1, -0.05) is 19.4 Å². The highest BCUT2D eigenvalue weighted by Crippen LogP contribution is 2.64. The van der Waals surface area contributed by atoms with Gasteiger partial charge in [-0.15, -0.1) is 0 Å². The summed E-state index contributed by atoms with van der Waals surface area (Å²) in [5.41, 5.74) is 1.77. The van der Waals surface area contributed by atoms with Crippen LogP contribution in [0.4, 0.5) is 0 Å². The Balaban J connectivity index is 1.70. The summed E-state index contributed by atoms with van der Waals surface area (Å²) < 4.78 is 5.31. The Morgan fingerprint density at radius 1 is 1.12 bits per heavy atom. The van der Waals surface area contributed by atoms with Crippen molar-refractivity contribution in [1.29, 1.82) is 0 Å². The average molecular weight is 356 g/mol. The van der Waals surface area contributed by atoms with Crippen LogP contribution in [0.2, 0.25) is 0 Å². The summed E-state index contributed by atoms with van der Waals surface area (Å²) >= 11 is 0. The molecule has 3 fully saturated rings. The smallest absolute Gasteiger partial charge is 0.302 e. The van der Waals surface area contributed by atoms with Crippen molar-refractivity contribution in [2.45, 2.75) is 59.3 Å². The van der Waals surface area contributed by atoms with Gasteiger partial charge in [0.15, 0.2) is 5.78 Å². The highest BCUT2D eigenvalue weighted by Gasteiger charge is 2.59. The molecule has 0 spiro atoms. The lowest BCUT2D eigenvalue weighted by atomic mass is 9.47. The molecule has 4 nitrogen and oxygen atoms in total. The molecular weight excluding hydrogens is 328 g/mol. The van der Waals surface area contributed by atoms with Crippen LogP contribution in [-0.2, 0) is 19.1 Å². The van der Waals surface area contributed by atoms with Crippen LogP contribution in [0.1, 0.15) is 59.3 Å². The molecule has 4 aliphatic rings. The number of hydrogen-bond donors (Lipinski definition) is 0. The summed E-state index contributed by atoms with van der Waals surface area (Å²) in [7, 11) is 0. The summed E-state index contributed by atoms with van der Waals surface area (Å²) in [5, 5.41) is 0. The Labute approximate surface area is 155 Å². The number of carbonyl (C=O) groups excluding carboxylic acids is 3. The van der Waals surface area contributed by atoms with E-state index < -0.39 is 0 Å². The van der Waals surface area contributed by atoms with Crippen molar-refractivity contribution in [3.05, 3.63) is 23.3 Å². The van der Waals surface area contributed by atoms with E-state index in [0.29, 0.717) is 23.5 Å². The van der Waals surface area contributed by atoms with E-state index in [-0.39, 0.29) is 29.2 Å². The first-order valence-corrected chi connectivity index (χ1v) is 9.89. The number of ketones is 2. The molecule has 26 heavy (non-hydrogen) atoms. The second kappa shape index (κ2) is 5.90. The molecule has 0 aromatic carbocycles. The number of hydrogen-bond acceptors (Lipinski definition) is 4. The normalized spacial score (nSPS) is 41.6. The number of ether oxygens (including phenoxy) is 1. The van der Waals surface area contributed by atoms with Crippen LogP contribution in [0.3, 0.4) is 0 Å². The summed E-state index contributed by atoms with van der Waals surface area (Å²) in [6, 6.07) is 0. The molecular formula is C22H28O4. The van der Waals surface area contributed by atoms with Crippen LogP contribution < -0.4 is 0 Å². The highest BCUT2D eigenvalue weighted by molar-refractivity contribution is 6.02. The Bertz CT molecular complexity index is 745. The van der Waals surface area contributed by atoms with Gasteiger partial charge in [0, 0.05) is 24.2 Å². The lowest BCUT2D eigenvalue weighted by molar-refractivity contribution is -0.141. The lowest BCUT2D eigenvalue weighted by Crippen LogP contribution is -2.51. The van der Waals surface area contributed by atoms with E-state index in [2.05, 4.69) is 13.8 Å². The van der Waals surface area contributed by atoms with E-state index in [1.807, 2.05) is 0 Å². The molecule has 0 aromatic heterocycles. The number of Topliss-reactive ketones (excluding diaryl/α,β-unsaturated/α-hetero) is 1. The van der Waals surface area contributed by atoms with E-state index in [4.69, 9.17) is 4.74 Å². The third-order valence-electron chi connectivity index (χ3n) is 8.03. The Morgan fingerprint density at radius 3 is 2.62 bits per heavy atom. The Hall–Kier alpha value is -1.71. The largest absolute Gasteiger partial charge is 0.461 e. The standard InChI is InChI=1S/C22H28O4/c1-13(23)26-12-15-11-16(24)10-14-4-5-17-18-6-7-20(25)21(18,2)9-8-19(17)22(14,15)3/h10-11,17-19H,4-9,12H2,1-3H3. The molecule has 0 heterocycles. The fourth-order valence-corrected chi connectivity index (χ4v) is 6.57. The molecule has 4 aliphatic carbocycles. The zero-order valence-electron chi connectivity index (χ0n) is 16.0. The molecule has 0 amide bonds. The van der Waals surface area contributed by atoms with Gasteiger partial charge in [0.2, 0.25) is 0 Å². The molecule has 0 N–H and O–H groups in total. The Kier molecular flexibility index (Phi) is 4.01. The van der Waals surface area contributed by atoms with Crippen molar-refractivity contribution in [2.75, 3.05) is 6.61 Å². The van der Waals surface area contributed by atoms with Gasteiger partial charge in [-0.05, 0) is 67.6 Å². The fourth-order valence-electron chi connectivity index (χ4n) is 6.57. The maximum atomic E-state index is 12.5. The van der Waals surface area contributed by atoms with Gasteiger partial charge in [0.1, 0.15) is 12.4 Å². The number of carbonyl (C=O) groups is 3. The van der Waals surface area contributed by atoms with E-state index in [9.17, 15) is 14.4 Å².